The second kappa shape index (κ2) is 5.34. The molecular weight excluding hydrogens is 222 g/mol. The van der Waals surface area contributed by atoms with Gasteiger partial charge in [-0.25, -0.2) is 4.98 Å². The summed E-state index contributed by atoms with van der Waals surface area (Å²) in [5.41, 5.74) is 1.63. The summed E-state index contributed by atoms with van der Waals surface area (Å²) in [6.07, 6.45) is 3.69. The molecule has 1 atom stereocenters. The third-order valence-electron chi connectivity index (χ3n) is 3.00. The molecule has 2 aromatic rings. The van der Waals surface area contributed by atoms with Crippen molar-refractivity contribution in [2.24, 2.45) is 5.41 Å². The van der Waals surface area contributed by atoms with Crippen molar-refractivity contribution in [3.63, 3.8) is 0 Å². The third kappa shape index (κ3) is 3.69. The van der Waals surface area contributed by atoms with Crippen molar-refractivity contribution in [2.45, 2.75) is 39.5 Å². The van der Waals surface area contributed by atoms with Gasteiger partial charge >= 0.3 is 0 Å². The summed E-state index contributed by atoms with van der Waals surface area (Å²) in [4.78, 5) is 4.33. The molecule has 2 rings (SSSR count). The molecular formula is C15H21N3. The van der Waals surface area contributed by atoms with Gasteiger partial charge in [-0.1, -0.05) is 51.1 Å². The number of aromatic nitrogens is 3. The van der Waals surface area contributed by atoms with E-state index in [-0.39, 0.29) is 5.41 Å². The number of rotatable bonds is 4. The molecule has 0 spiro atoms. The highest BCUT2D eigenvalue weighted by atomic mass is 15.2. The second-order valence-corrected chi connectivity index (χ2v) is 6.02. The van der Waals surface area contributed by atoms with Gasteiger partial charge in [0.05, 0.1) is 0 Å². The number of hydrogen-bond donors (Lipinski definition) is 1. The summed E-state index contributed by atoms with van der Waals surface area (Å²) in [6.45, 7) is 6.80. The van der Waals surface area contributed by atoms with Crippen molar-refractivity contribution in [3.05, 3.63) is 48.0 Å². The maximum Gasteiger partial charge on any atom is 0.137 e. The van der Waals surface area contributed by atoms with E-state index in [1.807, 2.05) is 0 Å². The van der Waals surface area contributed by atoms with E-state index in [1.54, 1.807) is 6.33 Å². The molecule has 0 saturated carbocycles. The fraction of sp³-hybridized carbons (Fsp3) is 0.467. The van der Waals surface area contributed by atoms with Gasteiger partial charge < -0.3 is 0 Å². The van der Waals surface area contributed by atoms with Crippen molar-refractivity contribution in [1.29, 1.82) is 0 Å². The SMILES string of the molecule is CC(C)(C)C[C@@H](Cc1ccccc1)c1ncn[nH]1. The smallest absolute Gasteiger partial charge is 0.137 e. The molecule has 1 aromatic carbocycles. The summed E-state index contributed by atoms with van der Waals surface area (Å²) in [5.74, 6) is 1.39. The monoisotopic (exact) mass is 243 g/mol. The van der Waals surface area contributed by atoms with E-state index in [1.165, 1.54) is 5.56 Å². The maximum atomic E-state index is 4.33. The van der Waals surface area contributed by atoms with E-state index >= 15 is 0 Å². The van der Waals surface area contributed by atoms with E-state index < -0.39 is 0 Å². The number of benzene rings is 1. The van der Waals surface area contributed by atoms with Gasteiger partial charge in [0.15, 0.2) is 0 Å². The Bertz CT molecular complexity index is 454. The van der Waals surface area contributed by atoms with E-state index in [0.29, 0.717) is 5.92 Å². The predicted octanol–water partition coefficient (Wildman–Crippen LogP) is 3.57. The molecule has 0 aliphatic heterocycles. The van der Waals surface area contributed by atoms with Crippen LogP contribution in [0.2, 0.25) is 0 Å². The minimum atomic E-state index is 0.284. The Morgan fingerprint density at radius 3 is 2.44 bits per heavy atom. The van der Waals surface area contributed by atoms with E-state index in [9.17, 15) is 0 Å². The van der Waals surface area contributed by atoms with Crippen LogP contribution >= 0.6 is 0 Å². The lowest BCUT2D eigenvalue weighted by molar-refractivity contribution is 0.332. The van der Waals surface area contributed by atoms with E-state index in [2.05, 4.69) is 66.3 Å². The topological polar surface area (TPSA) is 41.6 Å². The van der Waals surface area contributed by atoms with Gasteiger partial charge in [0.25, 0.3) is 0 Å². The first-order valence-corrected chi connectivity index (χ1v) is 6.44. The first-order chi connectivity index (χ1) is 8.54. The number of H-pyrrole nitrogens is 1. The van der Waals surface area contributed by atoms with E-state index in [0.717, 1.165) is 18.7 Å². The summed E-state index contributed by atoms with van der Waals surface area (Å²) in [6, 6.07) is 10.6. The molecule has 3 nitrogen and oxygen atoms in total. The summed E-state index contributed by atoms with van der Waals surface area (Å²) in [5, 5.41) is 7.00. The van der Waals surface area contributed by atoms with Crippen LogP contribution in [0.15, 0.2) is 36.7 Å². The van der Waals surface area contributed by atoms with Gasteiger partial charge in [0.2, 0.25) is 0 Å². The quantitative estimate of drug-likeness (QED) is 0.892. The lowest BCUT2D eigenvalue weighted by Crippen LogP contribution is -2.15. The lowest BCUT2D eigenvalue weighted by Gasteiger charge is -2.24. The molecule has 0 radical (unpaired) electrons. The fourth-order valence-corrected chi connectivity index (χ4v) is 2.31. The van der Waals surface area contributed by atoms with Crippen LogP contribution in [0.1, 0.15) is 44.5 Å². The molecule has 0 bridgehead atoms. The van der Waals surface area contributed by atoms with Crippen molar-refractivity contribution >= 4 is 0 Å². The Balaban J connectivity index is 2.15. The first kappa shape index (κ1) is 12.8. The molecule has 0 aliphatic rings. The van der Waals surface area contributed by atoms with Gasteiger partial charge in [0.1, 0.15) is 12.2 Å². The summed E-state index contributed by atoms with van der Waals surface area (Å²) in [7, 11) is 0. The Hall–Kier alpha value is -1.64. The highest BCUT2D eigenvalue weighted by Crippen LogP contribution is 2.31. The number of hydrogen-bond acceptors (Lipinski definition) is 2. The van der Waals surface area contributed by atoms with Crippen LogP contribution in [0, 0.1) is 5.41 Å². The van der Waals surface area contributed by atoms with Gasteiger partial charge in [0, 0.05) is 5.92 Å². The zero-order chi connectivity index (χ0) is 13.0. The zero-order valence-corrected chi connectivity index (χ0v) is 11.4. The average molecular weight is 243 g/mol. The van der Waals surface area contributed by atoms with Gasteiger partial charge in [-0.3, -0.25) is 5.10 Å². The van der Waals surface area contributed by atoms with E-state index in [4.69, 9.17) is 0 Å². The van der Waals surface area contributed by atoms with Crippen LogP contribution in [0.4, 0.5) is 0 Å². The van der Waals surface area contributed by atoms with Crippen LogP contribution in [0.25, 0.3) is 0 Å². The lowest BCUT2D eigenvalue weighted by atomic mass is 9.81. The molecule has 0 aliphatic carbocycles. The molecule has 0 unspecified atom stereocenters. The average Bonchev–Trinajstić information content (AvgIpc) is 2.81. The second-order valence-electron chi connectivity index (χ2n) is 6.02. The minimum absolute atomic E-state index is 0.284. The molecule has 18 heavy (non-hydrogen) atoms. The fourth-order valence-electron chi connectivity index (χ4n) is 2.31. The van der Waals surface area contributed by atoms with Crippen LogP contribution in [0.5, 0.6) is 0 Å². The van der Waals surface area contributed by atoms with Crippen molar-refractivity contribution in [1.82, 2.24) is 15.2 Å². The minimum Gasteiger partial charge on any atom is -0.263 e. The zero-order valence-electron chi connectivity index (χ0n) is 11.4. The molecule has 1 N–H and O–H groups in total. The molecule has 0 saturated heterocycles. The summed E-state index contributed by atoms with van der Waals surface area (Å²) >= 11 is 0. The Labute approximate surface area is 109 Å². The standard InChI is InChI=1S/C15H21N3/c1-15(2,3)10-13(14-16-11-17-18-14)9-12-7-5-4-6-8-12/h4-8,11,13H,9-10H2,1-3H3,(H,16,17,18)/t13-/m1/s1. The number of nitrogens with zero attached hydrogens (tertiary/aromatic N) is 2. The van der Waals surface area contributed by atoms with Crippen molar-refractivity contribution in [3.8, 4) is 0 Å². The van der Waals surface area contributed by atoms with Gasteiger partial charge in [-0.05, 0) is 23.8 Å². The molecule has 3 heteroatoms. The maximum absolute atomic E-state index is 4.33. The largest absolute Gasteiger partial charge is 0.263 e. The van der Waals surface area contributed by atoms with Crippen LogP contribution in [-0.4, -0.2) is 15.2 Å². The Morgan fingerprint density at radius 2 is 1.89 bits per heavy atom. The number of aromatic amines is 1. The van der Waals surface area contributed by atoms with Crippen LogP contribution < -0.4 is 0 Å². The third-order valence-corrected chi connectivity index (χ3v) is 3.00. The van der Waals surface area contributed by atoms with Crippen molar-refractivity contribution in [2.75, 3.05) is 0 Å². The van der Waals surface area contributed by atoms with Gasteiger partial charge in [-0.15, -0.1) is 0 Å². The van der Waals surface area contributed by atoms with Gasteiger partial charge in [-0.2, -0.15) is 5.10 Å². The Morgan fingerprint density at radius 1 is 1.17 bits per heavy atom. The normalized spacial score (nSPS) is 13.5. The molecule has 0 amide bonds. The first-order valence-electron chi connectivity index (χ1n) is 6.44. The van der Waals surface area contributed by atoms with Crippen LogP contribution in [0.3, 0.4) is 0 Å². The summed E-state index contributed by atoms with van der Waals surface area (Å²) < 4.78 is 0. The number of nitrogens with one attached hydrogen (secondary N) is 1. The molecule has 1 aromatic heterocycles. The molecule has 0 fully saturated rings. The van der Waals surface area contributed by atoms with Crippen LogP contribution in [-0.2, 0) is 6.42 Å². The predicted molar refractivity (Wildman–Crippen MR) is 73.3 cm³/mol. The van der Waals surface area contributed by atoms with Crippen molar-refractivity contribution < 1.29 is 0 Å². The highest BCUT2D eigenvalue weighted by molar-refractivity contribution is 5.17. The molecule has 96 valence electrons. The Kier molecular flexibility index (Phi) is 3.80. The highest BCUT2D eigenvalue weighted by Gasteiger charge is 2.22. The molecule has 1 heterocycles.